The quantitative estimate of drug-likeness (QED) is 0.669. The molecule has 0 amide bonds. The largest absolute Gasteiger partial charge is 0.370 e. The van der Waals surface area contributed by atoms with E-state index in [1.807, 2.05) is 42.3 Å². The fraction of sp³-hybridized carbons (Fsp3) is 0.357. The second-order valence-corrected chi connectivity index (χ2v) is 4.96. The summed E-state index contributed by atoms with van der Waals surface area (Å²) in [6.07, 6.45) is 4.10. The van der Waals surface area contributed by atoms with Gasteiger partial charge in [-0.15, -0.1) is 5.10 Å². The van der Waals surface area contributed by atoms with E-state index in [1.165, 1.54) is 12.8 Å². The second kappa shape index (κ2) is 5.32. The van der Waals surface area contributed by atoms with E-state index in [0.29, 0.717) is 24.4 Å². The maximum atomic E-state index is 5.94. The zero-order valence-electron chi connectivity index (χ0n) is 11.5. The highest BCUT2D eigenvalue weighted by atomic mass is 15.3. The lowest BCUT2D eigenvalue weighted by Crippen LogP contribution is -2.35. The Hall–Kier alpha value is -2.37. The fourth-order valence-electron chi connectivity index (χ4n) is 1.99. The smallest absolute Gasteiger partial charge is 0.191 e. The molecule has 0 unspecified atom stereocenters. The highest BCUT2D eigenvalue weighted by Crippen LogP contribution is 2.24. The van der Waals surface area contributed by atoms with Crippen LogP contribution in [0.1, 0.15) is 18.7 Å². The van der Waals surface area contributed by atoms with Gasteiger partial charge >= 0.3 is 0 Å². The number of hydrogen-bond donors (Lipinski definition) is 1. The molecule has 1 aromatic carbocycles. The Kier molecular flexibility index (Phi) is 3.37. The first-order valence-electron chi connectivity index (χ1n) is 6.73. The molecule has 0 aliphatic heterocycles. The van der Waals surface area contributed by atoms with Crippen molar-refractivity contribution in [3.05, 3.63) is 42.5 Å². The van der Waals surface area contributed by atoms with Crippen LogP contribution in [0.25, 0.3) is 5.69 Å². The molecule has 0 atom stereocenters. The molecular weight excluding hydrogens is 252 g/mol. The number of aliphatic imine (C=N–C) groups is 1. The number of hydrogen-bond acceptors (Lipinski definition) is 3. The highest BCUT2D eigenvalue weighted by molar-refractivity contribution is 5.78. The van der Waals surface area contributed by atoms with Gasteiger partial charge in [-0.3, -0.25) is 0 Å². The normalized spacial score (nSPS) is 15.3. The number of benzene rings is 1. The summed E-state index contributed by atoms with van der Waals surface area (Å²) in [5.74, 6) is 1.23. The van der Waals surface area contributed by atoms with Gasteiger partial charge in [0.15, 0.2) is 11.8 Å². The van der Waals surface area contributed by atoms with Crippen LogP contribution in [0.2, 0.25) is 0 Å². The van der Waals surface area contributed by atoms with Crippen molar-refractivity contribution in [2.75, 3.05) is 7.05 Å². The zero-order chi connectivity index (χ0) is 13.9. The molecule has 0 bridgehead atoms. The van der Waals surface area contributed by atoms with Crippen molar-refractivity contribution in [3.8, 4) is 5.69 Å². The van der Waals surface area contributed by atoms with Crippen LogP contribution < -0.4 is 5.73 Å². The Morgan fingerprint density at radius 1 is 1.40 bits per heavy atom. The van der Waals surface area contributed by atoms with E-state index in [1.54, 1.807) is 11.0 Å². The van der Waals surface area contributed by atoms with Gasteiger partial charge in [-0.25, -0.2) is 14.7 Å². The summed E-state index contributed by atoms with van der Waals surface area (Å²) in [4.78, 5) is 10.6. The Morgan fingerprint density at radius 2 is 2.15 bits per heavy atom. The van der Waals surface area contributed by atoms with E-state index >= 15 is 0 Å². The third kappa shape index (κ3) is 2.79. The lowest BCUT2D eigenvalue weighted by Gasteiger charge is -2.16. The third-order valence-electron chi connectivity index (χ3n) is 3.40. The first kappa shape index (κ1) is 12.7. The van der Waals surface area contributed by atoms with Crippen molar-refractivity contribution in [1.29, 1.82) is 0 Å². The Morgan fingerprint density at radius 3 is 2.85 bits per heavy atom. The summed E-state index contributed by atoms with van der Waals surface area (Å²) < 4.78 is 1.74. The van der Waals surface area contributed by atoms with Gasteiger partial charge in [-0.05, 0) is 25.0 Å². The van der Waals surface area contributed by atoms with E-state index < -0.39 is 0 Å². The monoisotopic (exact) mass is 270 g/mol. The molecular formula is C14H18N6. The molecule has 104 valence electrons. The molecule has 1 saturated carbocycles. The molecule has 1 aliphatic carbocycles. The molecule has 0 radical (unpaired) electrons. The summed E-state index contributed by atoms with van der Waals surface area (Å²) >= 11 is 0. The van der Waals surface area contributed by atoms with Crippen molar-refractivity contribution in [2.24, 2.45) is 10.7 Å². The molecule has 20 heavy (non-hydrogen) atoms. The first-order valence-corrected chi connectivity index (χ1v) is 6.73. The van der Waals surface area contributed by atoms with Gasteiger partial charge in [0, 0.05) is 13.1 Å². The summed E-state index contributed by atoms with van der Waals surface area (Å²) in [6, 6.07) is 10.4. The van der Waals surface area contributed by atoms with Gasteiger partial charge in [-0.1, -0.05) is 18.2 Å². The van der Waals surface area contributed by atoms with Crippen LogP contribution in [0.5, 0.6) is 0 Å². The van der Waals surface area contributed by atoms with Crippen LogP contribution in [-0.2, 0) is 6.54 Å². The molecule has 3 rings (SSSR count). The standard InChI is InChI=1S/C14H18N6/c1-19(11-7-8-11)14(15)16-9-13-17-10-20(18-13)12-5-3-2-4-6-12/h2-6,10-11H,7-9H2,1H3,(H2,15,16). The summed E-state index contributed by atoms with van der Waals surface area (Å²) in [7, 11) is 1.98. The highest BCUT2D eigenvalue weighted by Gasteiger charge is 2.27. The molecule has 1 aliphatic rings. The average molecular weight is 270 g/mol. The van der Waals surface area contributed by atoms with Crippen LogP contribution in [0, 0.1) is 0 Å². The molecule has 2 N–H and O–H groups in total. The second-order valence-electron chi connectivity index (χ2n) is 4.96. The number of rotatable bonds is 4. The van der Waals surface area contributed by atoms with E-state index in [4.69, 9.17) is 5.73 Å². The Labute approximate surface area is 117 Å². The van der Waals surface area contributed by atoms with Gasteiger partial charge in [0.2, 0.25) is 0 Å². The Bertz CT molecular complexity index is 599. The topological polar surface area (TPSA) is 72.3 Å². The first-order chi connectivity index (χ1) is 9.74. The SMILES string of the molecule is CN(C(N)=NCc1ncn(-c2ccccc2)n1)C1CC1. The maximum absolute atomic E-state index is 5.94. The predicted molar refractivity (Wildman–Crippen MR) is 77.5 cm³/mol. The van der Waals surface area contributed by atoms with Crippen molar-refractivity contribution in [1.82, 2.24) is 19.7 Å². The van der Waals surface area contributed by atoms with Crippen molar-refractivity contribution < 1.29 is 0 Å². The molecule has 1 fully saturated rings. The molecule has 2 aromatic rings. The summed E-state index contributed by atoms with van der Waals surface area (Å²) in [5.41, 5.74) is 6.92. The number of nitrogens with two attached hydrogens (primary N) is 1. The van der Waals surface area contributed by atoms with E-state index in [-0.39, 0.29) is 0 Å². The Balaban J connectivity index is 1.67. The van der Waals surface area contributed by atoms with Gasteiger partial charge in [0.1, 0.15) is 12.9 Å². The molecule has 6 nitrogen and oxygen atoms in total. The lowest BCUT2D eigenvalue weighted by molar-refractivity contribution is 0.487. The van der Waals surface area contributed by atoms with Crippen molar-refractivity contribution in [3.63, 3.8) is 0 Å². The summed E-state index contributed by atoms with van der Waals surface area (Å²) in [6.45, 7) is 0.405. The van der Waals surface area contributed by atoms with Crippen LogP contribution in [0.3, 0.4) is 0 Å². The van der Waals surface area contributed by atoms with Gasteiger partial charge < -0.3 is 10.6 Å². The van der Waals surface area contributed by atoms with Crippen molar-refractivity contribution >= 4 is 5.96 Å². The van der Waals surface area contributed by atoms with E-state index in [0.717, 1.165) is 5.69 Å². The minimum atomic E-state index is 0.405. The predicted octanol–water partition coefficient (Wildman–Crippen LogP) is 1.18. The van der Waals surface area contributed by atoms with E-state index in [2.05, 4.69) is 15.1 Å². The molecule has 0 spiro atoms. The lowest BCUT2D eigenvalue weighted by atomic mass is 10.3. The zero-order valence-corrected chi connectivity index (χ0v) is 11.5. The van der Waals surface area contributed by atoms with Gasteiger partial charge in [-0.2, -0.15) is 0 Å². The molecule has 1 heterocycles. The van der Waals surface area contributed by atoms with Crippen LogP contribution >= 0.6 is 0 Å². The number of guanidine groups is 1. The number of aromatic nitrogens is 3. The molecule has 1 aromatic heterocycles. The minimum absolute atomic E-state index is 0.405. The third-order valence-corrected chi connectivity index (χ3v) is 3.40. The minimum Gasteiger partial charge on any atom is -0.370 e. The van der Waals surface area contributed by atoms with Crippen LogP contribution in [0.4, 0.5) is 0 Å². The molecule has 6 heteroatoms. The van der Waals surface area contributed by atoms with Crippen LogP contribution in [0.15, 0.2) is 41.7 Å². The van der Waals surface area contributed by atoms with Gasteiger partial charge in [0.05, 0.1) is 5.69 Å². The van der Waals surface area contributed by atoms with Crippen molar-refractivity contribution in [2.45, 2.75) is 25.4 Å². The van der Waals surface area contributed by atoms with Gasteiger partial charge in [0.25, 0.3) is 0 Å². The molecule has 0 saturated heterocycles. The summed E-state index contributed by atoms with van der Waals surface area (Å²) in [5, 5.41) is 4.40. The maximum Gasteiger partial charge on any atom is 0.191 e. The van der Waals surface area contributed by atoms with Crippen LogP contribution in [-0.4, -0.2) is 38.7 Å². The van der Waals surface area contributed by atoms with E-state index in [9.17, 15) is 0 Å². The number of nitrogens with zero attached hydrogens (tertiary/aromatic N) is 5. The fourth-order valence-corrected chi connectivity index (χ4v) is 1.99. The average Bonchev–Trinajstić information content (AvgIpc) is 3.23. The number of para-hydroxylation sites is 1.